The summed E-state index contributed by atoms with van der Waals surface area (Å²) in [6.07, 6.45) is 2.51. The quantitative estimate of drug-likeness (QED) is 0.619. The smallest absolute Gasteiger partial charge is 0.259 e. The number of hydrogen-bond donors (Lipinski definition) is 1. The van der Waals surface area contributed by atoms with Gasteiger partial charge >= 0.3 is 0 Å². The lowest BCUT2D eigenvalue weighted by Crippen LogP contribution is -2.10. The number of aromatic nitrogens is 2. The number of benzene rings is 2. The second kappa shape index (κ2) is 8.46. The first-order valence-corrected chi connectivity index (χ1v) is 9.16. The number of halogens is 2. The molecule has 3 rings (SSSR count). The summed E-state index contributed by atoms with van der Waals surface area (Å²) in [6, 6.07) is 10.6. The molecule has 0 bridgehead atoms. The average Bonchev–Trinajstić information content (AvgIpc) is 2.66. The molecule has 0 spiro atoms. The third kappa shape index (κ3) is 4.26. The van der Waals surface area contributed by atoms with Crippen molar-refractivity contribution in [1.82, 2.24) is 9.97 Å². The lowest BCUT2D eigenvalue weighted by molar-refractivity contribution is 0.294. The molecular weight excluding hydrogens is 387 g/mol. The van der Waals surface area contributed by atoms with E-state index >= 15 is 0 Å². The number of aromatic amines is 1. The first-order chi connectivity index (χ1) is 13.0. The Balaban J connectivity index is 2.01. The molecule has 0 radical (unpaired) electrons. The molecule has 0 aliphatic carbocycles. The van der Waals surface area contributed by atoms with Crippen LogP contribution in [-0.2, 0) is 0 Å². The van der Waals surface area contributed by atoms with Crippen molar-refractivity contribution in [2.45, 2.75) is 13.3 Å². The summed E-state index contributed by atoms with van der Waals surface area (Å²) < 4.78 is 11.0. The van der Waals surface area contributed by atoms with Crippen molar-refractivity contribution >= 4 is 45.2 Å². The van der Waals surface area contributed by atoms with E-state index in [1.165, 1.54) is 0 Å². The summed E-state index contributed by atoms with van der Waals surface area (Å²) in [5.41, 5.74) is 1.02. The number of rotatable bonds is 6. The van der Waals surface area contributed by atoms with Gasteiger partial charge in [0.2, 0.25) is 0 Å². The van der Waals surface area contributed by atoms with E-state index in [0.29, 0.717) is 39.6 Å². The van der Waals surface area contributed by atoms with Crippen molar-refractivity contribution in [2.75, 3.05) is 13.7 Å². The maximum atomic E-state index is 12.2. The molecule has 0 aliphatic rings. The van der Waals surface area contributed by atoms with E-state index in [0.717, 1.165) is 6.42 Å². The van der Waals surface area contributed by atoms with Gasteiger partial charge in [0, 0.05) is 0 Å². The first-order valence-electron chi connectivity index (χ1n) is 8.40. The lowest BCUT2D eigenvalue weighted by Gasteiger charge is -2.13. The molecule has 1 N–H and O–H groups in total. The van der Waals surface area contributed by atoms with Crippen LogP contribution in [0.3, 0.4) is 0 Å². The fraction of sp³-hybridized carbons (Fsp3) is 0.200. The van der Waals surface area contributed by atoms with E-state index in [9.17, 15) is 4.79 Å². The van der Waals surface area contributed by atoms with Crippen LogP contribution in [0, 0.1) is 0 Å². The maximum Gasteiger partial charge on any atom is 0.259 e. The van der Waals surface area contributed by atoms with Crippen molar-refractivity contribution in [3.05, 3.63) is 63.2 Å². The van der Waals surface area contributed by atoms with Crippen molar-refractivity contribution in [2.24, 2.45) is 0 Å². The molecule has 0 saturated carbocycles. The minimum atomic E-state index is -0.249. The van der Waals surface area contributed by atoms with E-state index in [2.05, 4.69) is 9.97 Å². The summed E-state index contributed by atoms with van der Waals surface area (Å²) in [6.45, 7) is 2.54. The molecule has 0 fully saturated rings. The SMILES string of the molecule is CCCOc1c(Cl)cc(/C=C(\Cl)c2nc3ccccc3c(=O)[nH]2)cc1OC. The highest BCUT2D eigenvalue weighted by Crippen LogP contribution is 2.37. The minimum Gasteiger partial charge on any atom is -0.493 e. The average molecular weight is 405 g/mol. The third-order valence-electron chi connectivity index (χ3n) is 3.83. The van der Waals surface area contributed by atoms with Gasteiger partial charge < -0.3 is 14.5 Å². The van der Waals surface area contributed by atoms with Gasteiger partial charge in [-0.25, -0.2) is 4.98 Å². The summed E-state index contributed by atoms with van der Waals surface area (Å²) in [5.74, 6) is 1.28. The Hall–Kier alpha value is -2.50. The zero-order valence-electron chi connectivity index (χ0n) is 14.9. The third-order valence-corrected chi connectivity index (χ3v) is 4.40. The zero-order valence-corrected chi connectivity index (χ0v) is 16.4. The molecule has 2 aromatic carbocycles. The second-order valence-electron chi connectivity index (χ2n) is 5.81. The summed E-state index contributed by atoms with van der Waals surface area (Å²) in [5, 5.41) is 1.20. The molecule has 5 nitrogen and oxygen atoms in total. The molecule has 0 aliphatic heterocycles. The van der Waals surface area contributed by atoms with Crippen molar-refractivity contribution in [3.8, 4) is 11.5 Å². The fourth-order valence-electron chi connectivity index (χ4n) is 2.58. The Morgan fingerprint density at radius 1 is 1.30 bits per heavy atom. The first kappa shape index (κ1) is 19.3. The molecule has 0 atom stereocenters. The van der Waals surface area contributed by atoms with Crippen LogP contribution in [0.5, 0.6) is 11.5 Å². The molecule has 0 unspecified atom stereocenters. The summed E-state index contributed by atoms with van der Waals surface area (Å²) in [4.78, 5) is 19.3. The molecule has 27 heavy (non-hydrogen) atoms. The van der Waals surface area contributed by atoms with Gasteiger partial charge in [-0.1, -0.05) is 42.3 Å². The number of hydrogen-bond acceptors (Lipinski definition) is 4. The number of ether oxygens (including phenoxy) is 2. The van der Waals surface area contributed by atoms with Gasteiger partial charge in [0.15, 0.2) is 17.3 Å². The molecule has 140 valence electrons. The fourth-order valence-corrected chi connectivity index (χ4v) is 3.07. The Labute approximate surface area is 166 Å². The molecular formula is C20H18Cl2N2O3. The molecule has 7 heteroatoms. The highest BCUT2D eigenvalue weighted by Gasteiger charge is 2.12. The van der Waals surface area contributed by atoms with Crippen LogP contribution in [0.1, 0.15) is 24.7 Å². The van der Waals surface area contributed by atoms with Gasteiger partial charge in [0.05, 0.1) is 34.7 Å². The standard InChI is InChI=1S/C20H18Cl2N2O3/c1-3-8-27-18-14(21)9-12(11-17(18)26-2)10-15(22)19-23-16-7-5-4-6-13(16)20(25)24-19/h4-7,9-11H,3,8H2,1-2H3,(H,23,24,25)/b15-10-. The van der Waals surface area contributed by atoms with E-state index < -0.39 is 0 Å². The predicted octanol–water partition coefficient (Wildman–Crippen LogP) is 5.11. The Morgan fingerprint density at radius 3 is 2.81 bits per heavy atom. The van der Waals surface area contributed by atoms with Gasteiger partial charge in [-0.3, -0.25) is 4.79 Å². The second-order valence-corrected chi connectivity index (χ2v) is 6.62. The highest BCUT2D eigenvalue weighted by atomic mass is 35.5. The Morgan fingerprint density at radius 2 is 2.07 bits per heavy atom. The molecule has 3 aromatic rings. The monoisotopic (exact) mass is 404 g/mol. The van der Waals surface area contributed by atoms with Crippen molar-refractivity contribution < 1.29 is 9.47 Å². The van der Waals surface area contributed by atoms with Gasteiger partial charge in [-0.15, -0.1) is 0 Å². The summed E-state index contributed by atoms with van der Waals surface area (Å²) in [7, 11) is 1.54. The van der Waals surface area contributed by atoms with Crippen LogP contribution >= 0.6 is 23.2 Å². The molecule has 1 heterocycles. The van der Waals surface area contributed by atoms with E-state index in [-0.39, 0.29) is 16.4 Å². The molecule has 0 saturated heterocycles. The number of nitrogens with one attached hydrogen (secondary N) is 1. The lowest BCUT2D eigenvalue weighted by atomic mass is 10.1. The Bertz CT molecular complexity index is 1060. The van der Waals surface area contributed by atoms with Crippen LogP contribution in [-0.4, -0.2) is 23.7 Å². The molecule has 0 amide bonds. The number of para-hydroxylation sites is 1. The van der Waals surface area contributed by atoms with E-state index in [1.54, 1.807) is 43.5 Å². The van der Waals surface area contributed by atoms with E-state index in [4.69, 9.17) is 32.7 Å². The van der Waals surface area contributed by atoms with Crippen LogP contribution in [0.25, 0.3) is 22.0 Å². The largest absolute Gasteiger partial charge is 0.493 e. The van der Waals surface area contributed by atoms with Crippen LogP contribution in [0.2, 0.25) is 5.02 Å². The normalized spacial score (nSPS) is 11.6. The number of methoxy groups -OCH3 is 1. The van der Waals surface area contributed by atoms with E-state index in [1.807, 2.05) is 13.0 Å². The topological polar surface area (TPSA) is 64.2 Å². The van der Waals surface area contributed by atoms with Crippen molar-refractivity contribution in [1.29, 1.82) is 0 Å². The molecule has 1 aromatic heterocycles. The zero-order chi connectivity index (χ0) is 19.4. The number of nitrogens with zero attached hydrogens (tertiary/aromatic N) is 1. The van der Waals surface area contributed by atoms with Crippen LogP contribution in [0.15, 0.2) is 41.2 Å². The van der Waals surface area contributed by atoms with Gasteiger partial charge in [0.25, 0.3) is 5.56 Å². The Kier molecular flexibility index (Phi) is 6.04. The van der Waals surface area contributed by atoms with Gasteiger partial charge in [-0.05, 0) is 42.3 Å². The van der Waals surface area contributed by atoms with Crippen LogP contribution < -0.4 is 15.0 Å². The predicted molar refractivity (Wildman–Crippen MR) is 110 cm³/mol. The highest BCUT2D eigenvalue weighted by molar-refractivity contribution is 6.50. The van der Waals surface area contributed by atoms with Gasteiger partial charge in [0.1, 0.15) is 0 Å². The minimum absolute atomic E-state index is 0.249. The number of H-pyrrole nitrogens is 1. The maximum absolute atomic E-state index is 12.2. The van der Waals surface area contributed by atoms with Crippen LogP contribution in [0.4, 0.5) is 0 Å². The van der Waals surface area contributed by atoms with Crippen molar-refractivity contribution in [3.63, 3.8) is 0 Å². The van der Waals surface area contributed by atoms with Gasteiger partial charge in [-0.2, -0.15) is 0 Å². The number of fused-ring (bicyclic) bond motifs is 1. The summed E-state index contributed by atoms with van der Waals surface area (Å²) >= 11 is 12.7.